The molecule has 0 bridgehead atoms. The van der Waals surface area contributed by atoms with Gasteiger partial charge in [-0.15, -0.1) is 0 Å². The number of fused-ring (bicyclic) bond motifs is 1. The van der Waals surface area contributed by atoms with Gasteiger partial charge < -0.3 is 4.79 Å². The Labute approximate surface area is 88.6 Å². The second kappa shape index (κ2) is 3.76. The minimum atomic E-state index is 0.00491. The molecule has 1 saturated heterocycles. The Hall–Kier alpha value is -1.19. The molecule has 1 saturated carbocycles. The van der Waals surface area contributed by atoms with E-state index in [1.165, 1.54) is 4.90 Å². The van der Waals surface area contributed by atoms with Gasteiger partial charge in [0.2, 0.25) is 11.8 Å². The van der Waals surface area contributed by atoms with Crippen LogP contribution in [0, 0.1) is 11.8 Å². The van der Waals surface area contributed by atoms with Crippen LogP contribution in [0.25, 0.3) is 0 Å². The summed E-state index contributed by atoms with van der Waals surface area (Å²) in [5, 5.41) is 0. The molecule has 2 atom stereocenters. The molecule has 2 aliphatic rings. The quantitative estimate of drug-likeness (QED) is 0.496. The lowest BCUT2D eigenvalue weighted by Gasteiger charge is -2.15. The fourth-order valence-electron chi connectivity index (χ4n) is 2.11. The number of hydrogen-bond acceptors (Lipinski definition) is 3. The summed E-state index contributed by atoms with van der Waals surface area (Å²) in [6.07, 6.45) is 2.82. The van der Waals surface area contributed by atoms with Crippen LogP contribution in [0.5, 0.6) is 0 Å². The lowest BCUT2D eigenvalue weighted by molar-refractivity contribution is -0.141. The van der Waals surface area contributed by atoms with Gasteiger partial charge in [-0.1, -0.05) is 0 Å². The Morgan fingerprint density at radius 2 is 1.87 bits per heavy atom. The van der Waals surface area contributed by atoms with E-state index in [0.717, 1.165) is 19.3 Å². The van der Waals surface area contributed by atoms with E-state index in [0.29, 0.717) is 13.0 Å². The first-order valence-electron chi connectivity index (χ1n) is 5.46. The summed E-state index contributed by atoms with van der Waals surface area (Å²) >= 11 is 0. The van der Waals surface area contributed by atoms with Crippen LogP contribution in [0.3, 0.4) is 0 Å². The van der Waals surface area contributed by atoms with Crippen LogP contribution in [-0.2, 0) is 14.4 Å². The molecule has 0 aromatic heterocycles. The summed E-state index contributed by atoms with van der Waals surface area (Å²) in [5.74, 6) is 0.188. The minimum absolute atomic E-state index is 0.00491. The summed E-state index contributed by atoms with van der Waals surface area (Å²) in [5.41, 5.74) is 0. The highest BCUT2D eigenvalue weighted by Gasteiger charge is 2.58. The predicted molar refractivity (Wildman–Crippen MR) is 52.8 cm³/mol. The lowest BCUT2D eigenvalue weighted by atomic mass is 10.2. The van der Waals surface area contributed by atoms with Gasteiger partial charge in [-0.05, 0) is 26.2 Å². The van der Waals surface area contributed by atoms with Crippen LogP contribution in [0.15, 0.2) is 0 Å². The molecule has 0 aromatic rings. The highest BCUT2D eigenvalue weighted by Crippen LogP contribution is 2.46. The maximum atomic E-state index is 11.5. The zero-order valence-electron chi connectivity index (χ0n) is 8.86. The molecule has 2 unspecified atom stereocenters. The van der Waals surface area contributed by atoms with Crippen molar-refractivity contribution in [3.8, 4) is 0 Å². The zero-order chi connectivity index (χ0) is 11.0. The van der Waals surface area contributed by atoms with Crippen molar-refractivity contribution in [1.82, 2.24) is 4.90 Å². The van der Waals surface area contributed by atoms with Crippen molar-refractivity contribution in [1.29, 1.82) is 0 Å². The highest BCUT2D eigenvalue weighted by molar-refractivity contribution is 6.08. The van der Waals surface area contributed by atoms with Gasteiger partial charge in [0.15, 0.2) is 0 Å². The molecular weight excluding hydrogens is 194 g/mol. The number of amides is 2. The molecule has 1 heterocycles. The number of carbonyl (C=O) groups excluding carboxylic acids is 3. The van der Waals surface area contributed by atoms with Crippen LogP contribution in [0.4, 0.5) is 0 Å². The number of ketones is 1. The van der Waals surface area contributed by atoms with Gasteiger partial charge in [0, 0.05) is 13.0 Å². The van der Waals surface area contributed by atoms with Crippen molar-refractivity contribution in [2.45, 2.75) is 32.6 Å². The van der Waals surface area contributed by atoms with Gasteiger partial charge in [0.25, 0.3) is 0 Å². The molecule has 2 amide bonds. The van der Waals surface area contributed by atoms with E-state index in [9.17, 15) is 14.4 Å². The van der Waals surface area contributed by atoms with Gasteiger partial charge in [0.05, 0.1) is 11.8 Å². The smallest absolute Gasteiger partial charge is 0.233 e. The largest absolute Gasteiger partial charge is 0.300 e. The van der Waals surface area contributed by atoms with E-state index in [1.807, 2.05) is 0 Å². The first kappa shape index (κ1) is 10.3. The Balaban J connectivity index is 1.74. The van der Waals surface area contributed by atoms with Gasteiger partial charge >= 0.3 is 0 Å². The van der Waals surface area contributed by atoms with E-state index >= 15 is 0 Å². The fraction of sp³-hybridized carbons (Fsp3) is 0.727. The third-order valence-electron chi connectivity index (χ3n) is 3.12. The second-order valence-corrected chi connectivity index (χ2v) is 4.44. The molecule has 1 aliphatic heterocycles. The molecule has 1 aliphatic carbocycles. The lowest BCUT2D eigenvalue weighted by Crippen LogP contribution is -2.33. The van der Waals surface area contributed by atoms with Crippen molar-refractivity contribution in [2.24, 2.45) is 11.8 Å². The van der Waals surface area contributed by atoms with Crippen LogP contribution in [0.2, 0.25) is 0 Å². The molecule has 2 fully saturated rings. The number of nitrogens with zero attached hydrogens (tertiary/aromatic N) is 1. The SMILES string of the molecule is CC(=O)CCCCN1C(=O)C2CC2C1=O. The van der Waals surface area contributed by atoms with E-state index in [2.05, 4.69) is 0 Å². The average molecular weight is 209 g/mol. The maximum absolute atomic E-state index is 11.5. The summed E-state index contributed by atoms with van der Waals surface area (Å²) in [6.45, 7) is 2.05. The fourth-order valence-corrected chi connectivity index (χ4v) is 2.11. The zero-order valence-corrected chi connectivity index (χ0v) is 8.86. The number of hydrogen-bond donors (Lipinski definition) is 0. The Kier molecular flexibility index (Phi) is 2.59. The maximum Gasteiger partial charge on any atom is 0.233 e. The van der Waals surface area contributed by atoms with Crippen LogP contribution < -0.4 is 0 Å². The number of unbranched alkanes of at least 4 members (excludes halogenated alkanes) is 1. The number of piperidine rings is 1. The monoisotopic (exact) mass is 209 g/mol. The molecule has 0 N–H and O–H groups in total. The number of carbonyl (C=O) groups is 3. The van der Waals surface area contributed by atoms with Crippen molar-refractivity contribution >= 4 is 17.6 Å². The van der Waals surface area contributed by atoms with Crippen molar-refractivity contribution in [3.63, 3.8) is 0 Å². The Morgan fingerprint density at radius 1 is 1.27 bits per heavy atom. The van der Waals surface area contributed by atoms with Gasteiger partial charge in [-0.25, -0.2) is 0 Å². The number of rotatable bonds is 5. The molecule has 4 heteroatoms. The molecule has 0 radical (unpaired) electrons. The highest BCUT2D eigenvalue weighted by atomic mass is 16.2. The van der Waals surface area contributed by atoms with Gasteiger partial charge in [-0.3, -0.25) is 14.5 Å². The summed E-state index contributed by atoms with van der Waals surface area (Å²) in [6, 6.07) is 0. The molecule has 0 aromatic carbocycles. The van der Waals surface area contributed by atoms with Crippen molar-refractivity contribution in [3.05, 3.63) is 0 Å². The molecule has 82 valence electrons. The van der Waals surface area contributed by atoms with E-state index in [-0.39, 0.29) is 29.4 Å². The van der Waals surface area contributed by atoms with Gasteiger partial charge in [-0.2, -0.15) is 0 Å². The Morgan fingerprint density at radius 3 is 2.40 bits per heavy atom. The molecule has 2 rings (SSSR count). The summed E-state index contributed by atoms with van der Waals surface area (Å²) < 4.78 is 0. The van der Waals surface area contributed by atoms with Crippen LogP contribution in [-0.4, -0.2) is 29.0 Å². The van der Waals surface area contributed by atoms with Crippen LogP contribution >= 0.6 is 0 Å². The third-order valence-corrected chi connectivity index (χ3v) is 3.12. The van der Waals surface area contributed by atoms with Crippen LogP contribution in [0.1, 0.15) is 32.6 Å². The number of Topliss-reactive ketones (excluding diaryl/α,β-unsaturated/α-hetero) is 1. The molecule has 15 heavy (non-hydrogen) atoms. The molecule has 4 nitrogen and oxygen atoms in total. The normalized spacial score (nSPS) is 28.2. The number of imide groups is 1. The first-order valence-corrected chi connectivity index (χ1v) is 5.46. The summed E-state index contributed by atoms with van der Waals surface area (Å²) in [7, 11) is 0. The van der Waals surface area contributed by atoms with Gasteiger partial charge in [0.1, 0.15) is 5.78 Å². The second-order valence-electron chi connectivity index (χ2n) is 4.44. The molecule has 0 spiro atoms. The van der Waals surface area contributed by atoms with Crippen molar-refractivity contribution < 1.29 is 14.4 Å². The molecular formula is C11H15NO3. The predicted octanol–water partition coefficient (Wildman–Crippen LogP) is 0.751. The first-order chi connectivity index (χ1) is 7.11. The third kappa shape index (κ3) is 1.94. The standard InChI is InChI=1S/C11H15NO3/c1-7(13)4-2-3-5-12-10(14)8-6-9(8)11(12)15/h8-9H,2-6H2,1H3. The van der Waals surface area contributed by atoms with E-state index in [4.69, 9.17) is 0 Å². The average Bonchev–Trinajstić information content (AvgIpc) is 2.90. The van der Waals surface area contributed by atoms with E-state index in [1.54, 1.807) is 6.92 Å². The van der Waals surface area contributed by atoms with Crippen molar-refractivity contribution in [2.75, 3.05) is 6.54 Å². The summed E-state index contributed by atoms with van der Waals surface area (Å²) in [4.78, 5) is 35.1. The number of likely N-dealkylation sites (tertiary alicyclic amines) is 1. The Bertz CT molecular complexity index is 304. The minimum Gasteiger partial charge on any atom is -0.300 e. The van der Waals surface area contributed by atoms with E-state index < -0.39 is 0 Å². The topological polar surface area (TPSA) is 54.5 Å².